The lowest BCUT2D eigenvalue weighted by Crippen LogP contribution is -2.54. The smallest absolute Gasteiger partial charge is 0.304 e. The second-order valence-corrected chi connectivity index (χ2v) is 13.0. The number of aliphatic carboxylic acids is 1. The van der Waals surface area contributed by atoms with Crippen LogP contribution in [0, 0.1) is 17.8 Å². The van der Waals surface area contributed by atoms with Crippen molar-refractivity contribution in [1.82, 2.24) is 10.0 Å². The van der Waals surface area contributed by atoms with E-state index in [1.165, 1.54) is 0 Å². The van der Waals surface area contributed by atoms with Gasteiger partial charge in [-0.05, 0) is 53.6 Å². The summed E-state index contributed by atoms with van der Waals surface area (Å²) >= 11 is 12.4. The molecule has 1 amide bonds. The topological polar surface area (TPSA) is 122 Å². The lowest BCUT2D eigenvalue weighted by molar-refractivity contribution is -0.142. The van der Waals surface area contributed by atoms with Crippen LogP contribution >= 0.6 is 23.2 Å². The van der Waals surface area contributed by atoms with E-state index in [4.69, 9.17) is 27.9 Å². The highest BCUT2D eigenvalue weighted by atomic mass is 35.5. The van der Waals surface area contributed by atoms with Gasteiger partial charge in [0, 0.05) is 27.9 Å². The summed E-state index contributed by atoms with van der Waals surface area (Å²) in [6.07, 6.45) is 0.0327. The number of piperidine rings is 1. The van der Waals surface area contributed by atoms with Gasteiger partial charge < -0.3 is 15.2 Å². The molecule has 0 spiro atoms. The molecule has 2 aromatic carbocycles. The molecule has 6 atom stereocenters. The van der Waals surface area contributed by atoms with E-state index in [0.717, 1.165) is 5.56 Å². The van der Waals surface area contributed by atoms with Crippen LogP contribution in [0.2, 0.25) is 10.0 Å². The molecular weight excluding hydrogens is 551 g/mol. The third kappa shape index (κ3) is 6.51. The number of hydrogen-bond donors (Lipinski definition) is 3. The molecule has 4 rings (SSSR count). The first kappa shape index (κ1) is 28.8. The van der Waals surface area contributed by atoms with Gasteiger partial charge in [0.05, 0.1) is 25.7 Å². The van der Waals surface area contributed by atoms with Crippen LogP contribution in [0.25, 0.3) is 0 Å². The lowest BCUT2D eigenvalue weighted by Gasteiger charge is -2.43. The highest BCUT2D eigenvalue weighted by Gasteiger charge is 2.45. The monoisotopic (exact) mass is 582 g/mol. The fraction of sp³-hybridized carbons (Fsp3) is 0.481. The molecule has 2 fully saturated rings. The van der Waals surface area contributed by atoms with Crippen molar-refractivity contribution < 1.29 is 27.9 Å². The van der Waals surface area contributed by atoms with Crippen molar-refractivity contribution in [3.63, 3.8) is 0 Å². The summed E-state index contributed by atoms with van der Waals surface area (Å²) in [6, 6.07) is 13.3. The van der Waals surface area contributed by atoms with E-state index in [2.05, 4.69) is 10.0 Å². The van der Waals surface area contributed by atoms with Crippen molar-refractivity contribution >= 4 is 45.1 Å². The van der Waals surface area contributed by atoms with Gasteiger partial charge in [-0.2, -0.15) is 0 Å². The van der Waals surface area contributed by atoms with Crippen LogP contribution < -0.4 is 10.0 Å². The summed E-state index contributed by atoms with van der Waals surface area (Å²) in [6.45, 7) is 4.43. The number of carbonyl (C=O) groups is 2. The van der Waals surface area contributed by atoms with E-state index < -0.39 is 39.1 Å². The molecule has 8 nitrogen and oxygen atoms in total. The number of nitrogens with one attached hydrogen (secondary N) is 2. The third-order valence-electron chi connectivity index (χ3n) is 7.72. The maximum absolute atomic E-state index is 13.7. The minimum absolute atomic E-state index is 0.255. The fourth-order valence-electron chi connectivity index (χ4n) is 5.54. The molecular formula is C27H32Cl2N2O6S. The fourth-order valence-corrected chi connectivity index (χ4v) is 7.94. The summed E-state index contributed by atoms with van der Waals surface area (Å²) in [5.41, 5.74) is 1.46. The second kappa shape index (κ2) is 11.9. The molecule has 2 saturated heterocycles. The quantitative estimate of drug-likeness (QED) is 0.382. The van der Waals surface area contributed by atoms with Crippen LogP contribution in [0.1, 0.15) is 49.0 Å². The van der Waals surface area contributed by atoms with Gasteiger partial charge >= 0.3 is 5.97 Å². The van der Waals surface area contributed by atoms with Gasteiger partial charge in [-0.15, -0.1) is 0 Å². The summed E-state index contributed by atoms with van der Waals surface area (Å²) < 4.78 is 35.4. The Labute approximate surface area is 233 Å². The molecule has 206 valence electrons. The van der Waals surface area contributed by atoms with Crippen molar-refractivity contribution in [1.29, 1.82) is 0 Å². The molecule has 0 aliphatic carbocycles. The molecule has 38 heavy (non-hydrogen) atoms. The average molecular weight is 584 g/mol. The maximum atomic E-state index is 13.7. The van der Waals surface area contributed by atoms with Crippen LogP contribution in [-0.4, -0.2) is 50.7 Å². The van der Waals surface area contributed by atoms with Gasteiger partial charge in [0.25, 0.3) is 0 Å². The number of carboxylic acids is 1. The first-order valence-electron chi connectivity index (χ1n) is 12.6. The van der Waals surface area contributed by atoms with Crippen molar-refractivity contribution in [3.8, 4) is 0 Å². The Morgan fingerprint density at radius 3 is 2.39 bits per heavy atom. The van der Waals surface area contributed by atoms with Crippen molar-refractivity contribution in [3.05, 3.63) is 69.7 Å². The van der Waals surface area contributed by atoms with Crippen LogP contribution in [0.5, 0.6) is 0 Å². The summed E-state index contributed by atoms with van der Waals surface area (Å²) in [5, 5.41) is 12.5. The van der Waals surface area contributed by atoms with Gasteiger partial charge in [0.2, 0.25) is 15.9 Å². The maximum Gasteiger partial charge on any atom is 0.304 e. The molecule has 0 saturated carbocycles. The number of ether oxygens (including phenoxy) is 1. The van der Waals surface area contributed by atoms with Crippen LogP contribution in [0.4, 0.5) is 0 Å². The number of amides is 1. The third-order valence-corrected chi connectivity index (χ3v) is 10.2. The van der Waals surface area contributed by atoms with E-state index in [9.17, 15) is 23.1 Å². The number of carboxylic acid groups (broad SMARTS) is 1. The van der Waals surface area contributed by atoms with E-state index in [-0.39, 0.29) is 30.2 Å². The van der Waals surface area contributed by atoms with Gasteiger partial charge in [-0.25, -0.2) is 13.1 Å². The molecule has 2 aliphatic heterocycles. The van der Waals surface area contributed by atoms with Crippen LogP contribution in [-0.2, 0) is 24.3 Å². The molecule has 0 radical (unpaired) electrons. The zero-order valence-electron chi connectivity index (χ0n) is 21.1. The second-order valence-electron chi connectivity index (χ2n) is 10.3. The normalized spacial score (nSPS) is 24.6. The minimum atomic E-state index is -3.84. The number of sulfonamides is 1. The van der Waals surface area contributed by atoms with E-state index >= 15 is 0 Å². The summed E-state index contributed by atoms with van der Waals surface area (Å²) in [5.74, 6) is -3.11. The molecule has 2 aliphatic rings. The Kier molecular flexibility index (Phi) is 9.04. The number of carbonyl (C=O) groups excluding carboxylic acids is 1. The van der Waals surface area contributed by atoms with Crippen molar-refractivity contribution in [2.45, 2.75) is 49.9 Å². The molecule has 2 aromatic rings. The van der Waals surface area contributed by atoms with E-state index in [0.29, 0.717) is 35.2 Å². The zero-order valence-corrected chi connectivity index (χ0v) is 23.5. The summed E-state index contributed by atoms with van der Waals surface area (Å²) in [7, 11) is -3.84. The SMILES string of the molecule is CC(C(C)[C@@H]1NC(=O)[C@@H](CC(=O)O)C[C@@H]1c1cccc(Cl)c1)C(c1ccc(Cl)cc1)S(=O)(=O)NC1COC1. The van der Waals surface area contributed by atoms with E-state index in [1.54, 1.807) is 30.3 Å². The van der Waals surface area contributed by atoms with Crippen molar-refractivity contribution in [2.24, 2.45) is 17.8 Å². The molecule has 0 aromatic heterocycles. The molecule has 3 unspecified atom stereocenters. The molecule has 0 bridgehead atoms. The Bertz CT molecular complexity index is 1270. The molecule has 3 N–H and O–H groups in total. The molecule has 2 heterocycles. The Morgan fingerprint density at radius 1 is 1.13 bits per heavy atom. The Hall–Kier alpha value is -2.17. The lowest BCUT2D eigenvalue weighted by atomic mass is 9.71. The van der Waals surface area contributed by atoms with Crippen LogP contribution in [0.15, 0.2) is 48.5 Å². The average Bonchev–Trinajstić information content (AvgIpc) is 2.83. The Balaban J connectivity index is 1.70. The molecule has 11 heteroatoms. The van der Waals surface area contributed by atoms with E-state index in [1.807, 2.05) is 32.0 Å². The predicted octanol–water partition coefficient (Wildman–Crippen LogP) is 4.39. The first-order valence-corrected chi connectivity index (χ1v) is 14.9. The van der Waals surface area contributed by atoms with Gasteiger partial charge in [-0.3, -0.25) is 9.59 Å². The first-order chi connectivity index (χ1) is 18.0. The van der Waals surface area contributed by atoms with Gasteiger partial charge in [0.15, 0.2) is 0 Å². The van der Waals surface area contributed by atoms with Gasteiger partial charge in [0.1, 0.15) is 5.25 Å². The standard InChI is InChI=1S/C27H32Cl2N2O6S/c1-15(16(2)26(17-6-8-20(28)9-7-17)38(35,36)31-22-13-37-14-22)25-23(18-4-3-5-21(29)10-18)11-19(12-24(32)33)27(34)30-25/h3-10,15-16,19,22-23,25-26,31H,11-14H2,1-2H3,(H,30,34)(H,32,33)/t15?,16?,19-,23-,25+,26?/m1/s1. The predicted molar refractivity (Wildman–Crippen MR) is 146 cm³/mol. The Morgan fingerprint density at radius 2 is 1.82 bits per heavy atom. The van der Waals surface area contributed by atoms with Crippen molar-refractivity contribution in [2.75, 3.05) is 13.2 Å². The number of benzene rings is 2. The largest absolute Gasteiger partial charge is 0.481 e. The minimum Gasteiger partial charge on any atom is -0.481 e. The number of rotatable bonds is 10. The number of hydrogen-bond acceptors (Lipinski definition) is 5. The zero-order chi connectivity index (χ0) is 27.6. The summed E-state index contributed by atoms with van der Waals surface area (Å²) in [4.78, 5) is 24.5. The van der Waals surface area contributed by atoms with Crippen LogP contribution in [0.3, 0.4) is 0 Å². The highest BCUT2D eigenvalue weighted by Crippen LogP contribution is 2.43. The highest BCUT2D eigenvalue weighted by molar-refractivity contribution is 7.89. The number of halogens is 2. The van der Waals surface area contributed by atoms with Gasteiger partial charge in [-0.1, -0.05) is 61.3 Å².